The van der Waals surface area contributed by atoms with Crippen molar-refractivity contribution in [2.45, 2.75) is 20.2 Å². The molecule has 0 heterocycles. The van der Waals surface area contributed by atoms with E-state index in [-0.39, 0.29) is 0 Å². The topological polar surface area (TPSA) is 0 Å². The number of hydrogen-bond donors (Lipinski definition) is 0. The quantitative estimate of drug-likeness (QED) is 0.513. The second kappa shape index (κ2) is 4.63. The van der Waals surface area contributed by atoms with Crippen LogP contribution in [0, 0.1) is 0 Å². The molecule has 0 aromatic heterocycles. The van der Waals surface area contributed by atoms with Gasteiger partial charge in [-0.1, -0.05) is 11.6 Å². The van der Waals surface area contributed by atoms with E-state index in [1.54, 1.807) is 0 Å². The number of hydrogen-bond acceptors (Lipinski definition) is 0. The Morgan fingerprint density at radius 2 is 2.00 bits per heavy atom. The van der Waals surface area contributed by atoms with E-state index < -0.39 is 0 Å². The van der Waals surface area contributed by atoms with Gasteiger partial charge in [0.15, 0.2) is 0 Å². The minimum atomic E-state index is 0.435. The molecule has 0 rings (SSSR count). The van der Waals surface area contributed by atoms with E-state index >= 15 is 0 Å². The van der Waals surface area contributed by atoms with Gasteiger partial charge < -0.3 is 0 Å². The van der Waals surface area contributed by atoms with Crippen molar-refractivity contribution in [2.24, 2.45) is 0 Å². The lowest BCUT2D eigenvalue weighted by atomic mass is 10.0. The Balaban J connectivity index is 3.29. The van der Waals surface area contributed by atoms with Crippen molar-refractivity contribution < 1.29 is 0 Å². The van der Waals surface area contributed by atoms with Crippen LogP contribution in [0.25, 0.3) is 0 Å². The van der Waals surface area contributed by atoms with Gasteiger partial charge in [-0.25, -0.2) is 0 Å². The van der Waals surface area contributed by atoms with Gasteiger partial charge in [-0.05, 0) is 20.2 Å². The fourth-order valence-corrected chi connectivity index (χ4v) is 0.699. The summed E-state index contributed by atoms with van der Waals surface area (Å²) < 4.78 is 0.435. The van der Waals surface area contributed by atoms with Crippen molar-refractivity contribution in [1.82, 2.24) is 0 Å². The van der Waals surface area contributed by atoms with Crippen LogP contribution in [-0.2, 0) is 0 Å². The molecule has 0 aliphatic heterocycles. The van der Waals surface area contributed by atoms with Gasteiger partial charge in [-0.3, -0.25) is 0 Å². The second-order valence-corrected chi connectivity index (χ2v) is 5.35. The maximum atomic E-state index is 3.37. The summed E-state index contributed by atoms with van der Waals surface area (Å²) in [4.78, 5) is 0. The molecule has 3 heteroatoms. The lowest BCUT2D eigenvalue weighted by Crippen LogP contribution is -1.84. The summed E-state index contributed by atoms with van der Waals surface area (Å²) in [7, 11) is 0. The highest BCUT2D eigenvalue weighted by atomic mass is 79.9. The third-order valence-corrected chi connectivity index (χ3v) is 1.45. The van der Waals surface area contributed by atoms with Crippen LogP contribution in [0.15, 0.2) is 11.6 Å². The van der Waals surface area contributed by atoms with Gasteiger partial charge in [0, 0.05) is 0 Å². The van der Waals surface area contributed by atoms with Crippen LogP contribution in [0.4, 0.5) is 0 Å². The molecule has 0 radical (unpaired) electrons. The molecular formula is C5H9BBr2. The number of rotatable bonds is 2. The Labute approximate surface area is 67.8 Å². The highest BCUT2D eigenvalue weighted by Gasteiger charge is 1.98. The lowest BCUT2D eigenvalue weighted by molar-refractivity contribution is 1.36. The molecule has 8 heavy (non-hydrogen) atoms. The van der Waals surface area contributed by atoms with Crippen LogP contribution in [0.1, 0.15) is 13.8 Å². The van der Waals surface area contributed by atoms with E-state index in [1.165, 1.54) is 5.57 Å². The zero-order valence-electron chi connectivity index (χ0n) is 5.12. The summed E-state index contributed by atoms with van der Waals surface area (Å²) >= 11 is 6.75. The minimum Gasteiger partial charge on any atom is -0.139 e. The first-order valence-corrected chi connectivity index (χ1v) is 4.37. The van der Waals surface area contributed by atoms with Gasteiger partial charge >= 0.3 is 4.36 Å². The monoisotopic (exact) mass is 238 g/mol. The van der Waals surface area contributed by atoms with Crippen LogP contribution in [0.2, 0.25) is 6.32 Å². The van der Waals surface area contributed by atoms with Gasteiger partial charge in [-0.2, -0.15) is 0 Å². The first-order chi connectivity index (χ1) is 3.63. The van der Waals surface area contributed by atoms with E-state index in [0.29, 0.717) is 4.36 Å². The Kier molecular flexibility index (Phi) is 5.07. The Morgan fingerprint density at radius 3 is 2.12 bits per heavy atom. The van der Waals surface area contributed by atoms with Gasteiger partial charge in [0.1, 0.15) is 0 Å². The molecule has 0 saturated heterocycles. The first kappa shape index (κ1) is 8.76. The maximum absolute atomic E-state index is 3.37. The van der Waals surface area contributed by atoms with Crippen LogP contribution >= 0.6 is 31.5 Å². The van der Waals surface area contributed by atoms with Gasteiger partial charge in [0.25, 0.3) is 0 Å². The van der Waals surface area contributed by atoms with E-state index in [2.05, 4.69) is 51.4 Å². The molecule has 0 amide bonds. The molecule has 0 spiro atoms. The molecular weight excluding hydrogens is 231 g/mol. The Hall–Kier alpha value is 0.765. The van der Waals surface area contributed by atoms with Crippen LogP contribution < -0.4 is 0 Å². The van der Waals surface area contributed by atoms with Crippen molar-refractivity contribution in [2.75, 3.05) is 0 Å². The second-order valence-electron chi connectivity index (χ2n) is 1.91. The Bertz CT molecular complexity index is 84.4. The van der Waals surface area contributed by atoms with Crippen molar-refractivity contribution >= 4 is 35.9 Å². The largest absolute Gasteiger partial charge is 0.302 e. The third kappa shape index (κ3) is 6.76. The summed E-state index contributed by atoms with van der Waals surface area (Å²) in [6.07, 6.45) is 3.25. The van der Waals surface area contributed by atoms with Crippen LogP contribution in [0.5, 0.6) is 0 Å². The van der Waals surface area contributed by atoms with Crippen molar-refractivity contribution in [3.63, 3.8) is 0 Å². The van der Waals surface area contributed by atoms with E-state index in [0.717, 1.165) is 6.32 Å². The van der Waals surface area contributed by atoms with Gasteiger partial charge in [0.2, 0.25) is 0 Å². The molecule has 0 unspecified atom stereocenters. The fourth-order valence-electron chi connectivity index (χ4n) is 0.325. The van der Waals surface area contributed by atoms with E-state index in [9.17, 15) is 0 Å². The van der Waals surface area contributed by atoms with Crippen molar-refractivity contribution in [1.29, 1.82) is 0 Å². The Morgan fingerprint density at radius 1 is 1.50 bits per heavy atom. The lowest BCUT2D eigenvalue weighted by Gasteiger charge is -1.89. The summed E-state index contributed by atoms with van der Waals surface area (Å²) in [5.41, 5.74) is 1.37. The molecule has 0 aliphatic carbocycles. The highest BCUT2D eigenvalue weighted by Crippen LogP contribution is 2.10. The predicted octanol–water partition coefficient (Wildman–Crippen LogP) is 3.23. The standard InChI is InChI=1S/C5H9BBr2/c1-5(2)3-4-6(7)8/h3H,4H2,1-2H3. The highest BCUT2D eigenvalue weighted by molar-refractivity contribution is 9.49. The molecule has 0 aromatic carbocycles. The summed E-state index contributed by atoms with van der Waals surface area (Å²) in [6, 6.07) is 0. The molecule has 0 atom stereocenters. The van der Waals surface area contributed by atoms with E-state index in [4.69, 9.17) is 0 Å². The summed E-state index contributed by atoms with van der Waals surface area (Å²) in [5, 5.41) is 0. The van der Waals surface area contributed by atoms with Crippen molar-refractivity contribution in [3.05, 3.63) is 11.6 Å². The zero-order valence-corrected chi connectivity index (χ0v) is 8.29. The molecule has 0 fully saturated rings. The molecule has 0 aliphatic rings. The molecule has 46 valence electrons. The smallest absolute Gasteiger partial charge is 0.139 e. The number of allylic oxidation sites excluding steroid dienone is 2. The SMILES string of the molecule is CC(C)=CCB(Br)Br. The fraction of sp³-hybridized carbons (Fsp3) is 0.600. The summed E-state index contributed by atoms with van der Waals surface area (Å²) in [5.74, 6) is 0. The van der Waals surface area contributed by atoms with Gasteiger partial charge in [0.05, 0.1) is 0 Å². The molecule has 0 N–H and O–H groups in total. The average molecular weight is 240 g/mol. The van der Waals surface area contributed by atoms with Crippen LogP contribution in [0.3, 0.4) is 0 Å². The molecule has 0 bridgehead atoms. The molecule has 0 aromatic rings. The van der Waals surface area contributed by atoms with Crippen molar-refractivity contribution in [3.8, 4) is 0 Å². The predicted molar refractivity (Wildman–Crippen MR) is 47.8 cm³/mol. The summed E-state index contributed by atoms with van der Waals surface area (Å²) in [6.45, 7) is 4.20. The number of halogens is 2. The zero-order chi connectivity index (χ0) is 6.57. The third-order valence-electron chi connectivity index (χ3n) is 0.704. The molecule has 0 saturated carbocycles. The average Bonchev–Trinajstić information content (AvgIpc) is 1.61. The first-order valence-electron chi connectivity index (χ1n) is 2.54. The van der Waals surface area contributed by atoms with E-state index in [1.807, 2.05) is 0 Å². The minimum absolute atomic E-state index is 0.435. The normalized spacial score (nSPS) is 8.50. The van der Waals surface area contributed by atoms with Crippen LogP contribution in [-0.4, -0.2) is 4.36 Å². The van der Waals surface area contributed by atoms with Gasteiger partial charge in [-0.15, -0.1) is 31.5 Å². The molecule has 0 nitrogen and oxygen atoms in total. The maximum Gasteiger partial charge on any atom is 0.302 e.